The number of para-hydroxylation sites is 1. The lowest BCUT2D eigenvalue weighted by Crippen LogP contribution is -2.32. The summed E-state index contributed by atoms with van der Waals surface area (Å²) < 4.78 is 5.52. The van der Waals surface area contributed by atoms with Gasteiger partial charge in [0.1, 0.15) is 0 Å². The zero-order valence-electron chi connectivity index (χ0n) is 13.8. The van der Waals surface area contributed by atoms with E-state index in [1.165, 1.54) is 0 Å². The van der Waals surface area contributed by atoms with Gasteiger partial charge in [-0.05, 0) is 43.7 Å². The molecule has 128 valence electrons. The average Bonchev–Trinajstić information content (AvgIpc) is 3.26. The highest BCUT2D eigenvalue weighted by Crippen LogP contribution is 2.22. The van der Waals surface area contributed by atoms with Crippen molar-refractivity contribution in [3.05, 3.63) is 42.0 Å². The van der Waals surface area contributed by atoms with E-state index in [4.69, 9.17) is 4.74 Å². The van der Waals surface area contributed by atoms with E-state index < -0.39 is 0 Å². The number of allylic oxidation sites excluding steroid dienone is 2. The third-order valence-corrected chi connectivity index (χ3v) is 4.52. The Hall–Kier alpha value is -2.14. The third kappa shape index (κ3) is 4.45. The quantitative estimate of drug-likeness (QED) is 0.789. The second kappa shape index (κ2) is 8.11. The Labute approximate surface area is 142 Å². The second-order valence-electron chi connectivity index (χ2n) is 6.41. The van der Waals surface area contributed by atoms with Crippen molar-refractivity contribution in [3.8, 4) is 0 Å². The molecule has 3 rings (SSSR count). The van der Waals surface area contributed by atoms with Crippen LogP contribution < -0.4 is 10.6 Å². The summed E-state index contributed by atoms with van der Waals surface area (Å²) in [5.41, 5.74) is 1.06. The van der Waals surface area contributed by atoms with Crippen LogP contribution in [0.3, 0.4) is 0 Å². The van der Waals surface area contributed by atoms with Gasteiger partial charge in [0.05, 0.1) is 17.4 Å². The predicted molar refractivity (Wildman–Crippen MR) is 92.9 cm³/mol. The smallest absolute Gasteiger partial charge is 0.253 e. The summed E-state index contributed by atoms with van der Waals surface area (Å²) in [5.74, 6) is 0.0820. The molecule has 2 atom stereocenters. The minimum Gasteiger partial charge on any atom is -0.376 e. The summed E-state index contributed by atoms with van der Waals surface area (Å²) in [7, 11) is 0. The Kier molecular flexibility index (Phi) is 5.64. The molecule has 1 aromatic carbocycles. The fraction of sp³-hybridized carbons (Fsp3) is 0.474. The number of benzene rings is 1. The first-order chi connectivity index (χ1) is 11.7. The van der Waals surface area contributed by atoms with Crippen LogP contribution in [0.15, 0.2) is 36.4 Å². The highest BCUT2D eigenvalue weighted by atomic mass is 16.5. The molecule has 2 N–H and O–H groups in total. The highest BCUT2D eigenvalue weighted by Gasteiger charge is 2.19. The molecule has 1 heterocycles. The highest BCUT2D eigenvalue weighted by molar-refractivity contribution is 6.03. The van der Waals surface area contributed by atoms with Gasteiger partial charge in [-0.2, -0.15) is 0 Å². The van der Waals surface area contributed by atoms with Crippen LogP contribution >= 0.6 is 0 Å². The fourth-order valence-corrected chi connectivity index (χ4v) is 3.20. The van der Waals surface area contributed by atoms with Crippen LogP contribution in [0.4, 0.5) is 5.69 Å². The molecule has 1 fully saturated rings. The average molecular weight is 328 g/mol. The van der Waals surface area contributed by atoms with Gasteiger partial charge in [0.15, 0.2) is 0 Å². The van der Waals surface area contributed by atoms with E-state index in [0.717, 1.165) is 32.3 Å². The van der Waals surface area contributed by atoms with E-state index in [9.17, 15) is 9.59 Å². The van der Waals surface area contributed by atoms with Crippen molar-refractivity contribution in [1.29, 1.82) is 0 Å². The molecule has 5 nitrogen and oxygen atoms in total. The predicted octanol–water partition coefficient (Wildman–Crippen LogP) is 2.89. The molecule has 1 aliphatic carbocycles. The van der Waals surface area contributed by atoms with Gasteiger partial charge in [0, 0.05) is 19.6 Å². The normalized spacial score (nSPS) is 22.5. The SMILES string of the molecule is O=C(C[C@@H]1C=CCC1)Nc1ccccc1C(=O)NC[C@@H]1CCCO1. The van der Waals surface area contributed by atoms with Crippen molar-refractivity contribution in [2.24, 2.45) is 5.92 Å². The maximum Gasteiger partial charge on any atom is 0.253 e. The number of amides is 2. The Morgan fingerprint density at radius 2 is 2.08 bits per heavy atom. The minimum absolute atomic E-state index is 0.0501. The molecule has 0 aromatic heterocycles. The molecule has 1 saturated heterocycles. The van der Waals surface area contributed by atoms with Crippen LogP contribution in [-0.4, -0.2) is 31.1 Å². The van der Waals surface area contributed by atoms with Gasteiger partial charge in [0.25, 0.3) is 5.91 Å². The van der Waals surface area contributed by atoms with Crippen molar-refractivity contribution in [2.75, 3.05) is 18.5 Å². The summed E-state index contributed by atoms with van der Waals surface area (Å²) in [6.45, 7) is 1.27. The molecule has 0 radical (unpaired) electrons. The van der Waals surface area contributed by atoms with Crippen LogP contribution in [0, 0.1) is 5.92 Å². The van der Waals surface area contributed by atoms with Gasteiger partial charge in [-0.25, -0.2) is 0 Å². The third-order valence-electron chi connectivity index (χ3n) is 4.52. The van der Waals surface area contributed by atoms with E-state index in [-0.39, 0.29) is 17.9 Å². The monoisotopic (exact) mass is 328 g/mol. The summed E-state index contributed by atoms with van der Waals surface area (Å²) in [6, 6.07) is 7.12. The van der Waals surface area contributed by atoms with Gasteiger partial charge in [0.2, 0.25) is 5.91 Å². The Balaban J connectivity index is 1.57. The van der Waals surface area contributed by atoms with Crippen LogP contribution in [0.25, 0.3) is 0 Å². The number of carbonyl (C=O) groups is 2. The Bertz CT molecular complexity index is 621. The fourth-order valence-electron chi connectivity index (χ4n) is 3.20. The first kappa shape index (κ1) is 16.7. The van der Waals surface area contributed by atoms with E-state index >= 15 is 0 Å². The van der Waals surface area contributed by atoms with Crippen molar-refractivity contribution in [2.45, 2.75) is 38.2 Å². The van der Waals surface area contributed by atoms with Gasteiger partial charge in [-0.1, -0.05) is 24.3 Å². The molecule has 0 saturated carbocycles. The number of hydrogen-bond acceptors (Lipinski definition) is 3. The summed E-state index contributed by atoms with van der Waals surface area (Å²) in [6.07, 6.45) is 8.87. The summed E-state index contributed by atoms with van der Waals surface area (Å²) in [4.78, 5) is 24.6. The topological polar surface area (TPSA) is 67.4 Å². The van der Waals surface area contributed by atoms with Gasteiger partial charge in [-0.15, -0.1) is 0 Å². The molecule has 1 aliphatic heterocycles. The van der Waals surface area contributed by atoms with Gasteiger partial charge >= 0.3 is 0 Å². The zero-order chi connectivity index (χ0) is 16.8. The molecule has 2 amide bonds. The van der Waals surface area contributed by atoms with Crippen molar-refractivity contribution < 1.29 is 14.3 Å². The van der Waals surface area contributed by atoms with Crippen molar-refractivity contribution in [3.63, 3.8) is 0 Å². The Morgan fingerprint density at radius 3 is 2.83 bits per heavy atom. The lowest BCUT2D eigenvalue weighted by Gasteiger charge is -2.14. The van der Waals surface area contributed by atoms with Crippen LogP contribution in [0.5, 0.6) is 0 Å². The van der Waals surface area contributed by atoms with E-state index in [1.807, 2.05) is 6.07 Å². The van der Waals surface area contributed by atoms with E-state index in [0.29, 0.717) is 30.1 Å². The van der Waals surface area contributed by atoms with E-state index in [2.05, 4.69) is 22.8 Å². The number of nitrogens with one attached hydrogen (secondary N) is 2. The zero-order valence-corrected chi connectivity index (χ0v) is 13.8. The number of anilines is 1. The maximum atomic E-state index is 12.4. The molecule has 0 unspecified atom stereocenters. The Morgan fingerprint density at radius 1 is 1.21 bits per heavy atom. The first-order valence-electron chi connectivity index (χ1n) is 8.67. The standard InChI is InChI=1S/C19H24N2O3/c22-18(12-14-6-1-2-7-14)21-17-10-4-3-9-16(17)19(23)20-13-15-8-5-11-24-15/h1,3-4,6,9-10,14-15H,2,5,7-8,11-13H2,(H,20,23)(H,21,22)/t14-,15+/m1/s1. The summed E-state index contributed by atoms with van der Waals surface area (Å²) in [5, 5.41) is 5.78. The molecule has 0 bridgehead atoms. The van der Waals surface area contributed by atoms with Crippen LogP contribution in [0.2, 0.25) is 0 Å². The number of ether oxygens (including phenoxy) is 1. The molecular formula is C19H24N2O3. The van der Waals surface area contributed by atoms with E-state index in [1.54, 1.807) is 18.2 Å². The number of rotatable bonds is 6. The molecule has 5 heteroatoms. The van der Waals surface area contributed by atoms with Gasteiger partial charge in [-0.3, -0.25) is 9.59 Å². The first-order valence-corrected chi connectivity index (χ1v) is 8.67. The van der Waals surface area contributed by atoms with Crippen molar-refractivity contribution in [1.82, 2.24) is 5.32 Å². The minimum atomic E-state index is -0.179. The molecule has 2 aliphatic rings. The number of hydrogen-bond donors (Lipinski definition) is 2. The number of carbonyl (C=O) groups excluding carboxylic acids is 2. The lowest BCUT2D eigenvalue weighted by molar-refractivity contribution is -0.116. The van der Waals surface area contributed by atoms with Crippen molar-refractivity contribution >= 4 is 17.5 Å². The summed E-state index contributed by atoms with van der Waals surface area (Å²) >= 11 is 0. The second-order valence-corrected chi connectivity index (χ2v) is 6.41. The van der Waals surface area contributed by atoms with Gasteiger partial charge < -0.3 is 15.4 Å². The molecular weight excluding hydrogens is 304 g/mol. The molecule has 0 spiro atoms. The maximum absolute atomic E-state index is 12.4. The largest absolute Gasteiger partial charge is 0.376 e. The van der Waals surface area contributed by atoms with Crippen LogP contribution in [-0.2, 0) is 9.53 Å². The molecule has 24 heavy (non-hydrogen) atoms. The lowest BCUT2D eigenvalue weighted by atomic mass is 10.0. The van der Waals surface area contributed by atoms with Crippen LogP contribution in [0.1, 0.15) is 42.5 Å². The molecule has 1 aromatic rings.